The molecule has 1 aliphatic heterocycles. The van der Waals surface area contributed by atoms with E-state index in [1.165, 1.54) is 42.6 Å². The zero-order chi connectivity index (χ0) is 21.1. The Kier molecular flexibility index (Phi) is 4.48. The Balaban J connectivity index is 1.57. The zero-order valence-electron chi connectivity index (χ0n) is 18.8. The molecule has 1 saturated carbocycles. The van der Waals surface area contributed by atoms with Crippen LogP contribution >= 0.6 is 0 Å². The summed E-state index contributed by atoms with van der Waals surface area (Å²) in [7, 11) is 0. The van der Waals surface area contributed by atoms with Gasteiger partial charge in [0.25, 0.3) is 0 Å². The molecule has 30 heavy (non-hydrogen) atoms. The van der Waals surface area contributed by atoms with Gasteiger partial charge in [-0.3, -0.25) is 4.90 Å². The third-order valence-electron chi connectivity index (χ3n) is 7.25. The van der Waals surface area contributed by atoms with Crippen LogP contribution < -0.4 is 5.73 Å². The average molecular weight is 403 g/mol. The van der Waals surface area contributed by atoms with Gasteiger partial charge in [-0.1, -0.05) is 52.0 Å². The number of rotatable bonds is 4. The lowest BCUT2D eigenvalue weighted by atomic mass is 9.65. The van der Waals surface area contributed by atoms with E-state index >= 15 is 0 Å². The van der Waals surface area contributed by atoms with Crippen LogP contribution in [0.15, 0.2) is 42.6 Å². The molecular weight excluding hydrogens is 368 g/mol. The van der Waals surface area contributed by atoms with Crippen molar-refractivity contribution in [2.45, 2.75) is 66.0 Å². The van der Waals surface area contributed by atoms with Gasteiger partial charge in [0.2, 0.25) is 0 Å². The molecule has 1 aromatic carbocycles. The summed E-state index contributed by atoms with van der Waals surface area (Å²) in [6, 6.07) is 13.5. The van der Waals surface area contributed by atoms with Crippen LogP contribution in [0.1, 0.15) is 58.2 Å². The van der Waals surface area contributed by atoms with Crippen molar-refractivity contribution in [1.29, 1.82) is 0 Å². The van der Waals surface area contributed by atoms with Gasteiger partial charge in [0.05, 0.1) is 11.4 Å². The lowest BCUT2D eigenvalue weighted by molar-refractivity contribution is 0.126. The van der Waals surface area contributed by atoms with Crippen LogP contribution in [0, 0.1) is 10.8 Å². The molecule has 3 heterocycles. The van der Waals surface area contributed by atoms with Crippen molar-refractivity contribution < 1.29 is 0 Å². The van der Waals surface area contributed by atoms with E-state index in [-0.39, 0.29) is 0 Å². The summed E-state index contributed by atoms with van der Waals surface area (Å²) in [4.78, 5) is 7.75. The van der Waals surface area contributed by atoms with Gasteiger partial charge in [0.1, 0.15) is 5.65 Å². The molecule has 3 aromatic rings. The molecule has 2 N–H and O–H groups in total. The lowest BCUT2D eigenvalue weighted by Crippen LogP contribution is -2.34. The first kappa shape index (κ1) is 19.6. The van der Waals surface area contributed by atoms with Crippen LogP contribution in [0.4, 0.5) is 5.69 Å². The molecule has 1 aliphatic carbocycles. The van der Waals surface area contributed by atoms with Crippen molar-refractivity contribution >= 4 is 11.3 Å². The number of fused-ring (bicyclic) bond motifs is 3. The van der Waals surface area contributed by atoms with Crippen LogP contribution in [0.2, 0.25) is 0 Å². The van der Waals surface area contributed by atoms with E-state index < -0.39 is 0 Å². The summed E-state index contributed by atoms with van der Waals surface area (Å²) >= 11 is 0. The second-order valence-corrected chi connectivity index (χ2v) is 10.8. The summed E-state index contributed by atoms with van der Waals surface area (Å²) in [5, 5.41) is 0. The Morgan fingerprint density at radius 3 is 2.57 bits per heavy atom. The normalized spacial score (nSPS) is 25.8. The SMILES string of the molecule is CCc1ccc(-c2nc3ccc(N)cn3c2CN2CC3(C)CC2CC(C)(C)C3)cc1. The minimum absolute atomic E-state index is 0.425. The maximum absolute atomic E-state index is 6.17. The highest BCUT2D eigenvalue weighted by molar-refractivity contribution is 5.67. The highest BCUT2D eigenvalue weighted by atomic mass is 15.2. The first-order valence-corrected chi connectivity index (χ1v) is 11.4. The molecule has 4 heteroatoms. The molecule has 2 aromatic heterocycles. The van der Waals surface area contributed by atoms with E-state index in [1.54, 1.807) is 0 Å². The van der Waals surface area contributed by atoms with Crippen molar-refractivity contribution in [3.05, 3.63) is 53.9 Å². The highest BCUT2D eigenvalue weighted by Crippen LogP contribution is 2.53. The maximum Gasteiger partial charge on any atom is 0.137 e. The predicted octanol–water partition coefficient (Wildman–Crippen LogP) is 5.55. The second kappa shape index (κ2) is 6.84. The molecule has 2 aliphatic rings. The molecule has 5 rings (SSSR count). The Morgan fingerprint density at radius 1 is 1.07 bits per heavy atom. The molecule has 1 saturated heterocycles. The molecular formula is C26H34N4. The van der Waals surface area contributed by atoms with Gasteiger partial charge >= 0.3 is 0 Å². The van der Waals surface area contributed by atoms with Gasteiger partial charge in [0, 0.05) is 36.6 Å². The third kappa shape index (κ3) is 3.41. The van der Waals surface area contributed by atoms with Gasteiger partial charge in [-0.2, -0.15) is 0 Å². The number of hydrogen-bond donors (Lipinski definition) is 1. The number of nitrogens with two attached hydrogens (primary N) is 1. The van der Waals surface area contributed by atoms with E-state index in [0.29, 0.717) is 16.9 Å². The molecule has 2 unspecified atom stereocenters. The van der Waals surface area contributed by atoms with Gasteiger partial charge in [-0.15, -0.1) is 0 Å². The predicted molar refractivity (Wildman–Crippen MR) is 124 cm³/mol. The van der Waals surface area contributed by atoms with Crippen LogP contribution in [0.25, 0.3) is 16.9 Å². The number of anilines is 1. The summed E-state index contributed by atoms with van der Waals surface area (Å²) in [6.45, 7) is 11.7. The van der Waals surface area contributed by atoms with E-state index in [2.05, 4.69) is 61.3 Å². The highest BCUT2D eigenvalue weighted by Gasteiger charge is 2.49. The molecule has 2 fully saturated rings. The quantitative estimate of drug-likeness (QED) is 0.623. The molecule has 0 radical (unpaired) electrons. The largest absolute Gasteiger partial charge is 0.398 e. The second-order valence-electron chi connectivity index (χ2n) is 10.8. The topological polar surface area (TPSA) is 46.6 Å². The van der Waals surface area contributed by atoms with Crippen LogP contribution in [-0.2, 0) is 13.0 Å². The van der Waals surface area contributed by atoms with Crippen LogP contribution in [0.5, 0.6) is 0 Å². The zero-order valence-corrected chi connectivity index (χ0v) is 18.8. The Labute approximate surface area is 180 Å². The first-order chi connectivity index (χ1) is 14.3. The Hall–Kier alpha value is -2.33. The molecule has 158 valence electrons. The van der Waals surface area contributed by atoms with Crippen LogP contribution in [0.3, 0.4) is 0 Å². The van der Waals surface area contributed by atoms with E-state index in [0.717, 1.165) is 30.0 Å². The van der Waals surface area contributed by atoms with Gasteiger partial charge in [-0.25, -0.2) is 4.98 Å². The molecule has 2 atom stereocenters. The fourth-order valence-electron chi connectivity index (χ4n) is 6.34. The molecule has 4 nitrogen and oxygen atoms in total. The lowest BCUT2D eigenvalue weighted by Gasteiger charge is -2.40. The van der Waals surface area contributed by atoms with Gasteiger partial charge in [0.15, 0.2) is 0 Å². The number of benzene rings is 1. The van der Waals surface area contributed by atoms with Gasteiger partial charge in [-0.05, 0) is 54.2 Å². The van der Waals surface area contributed by atoms with Crippen molar-refractivity contribution in [2.24, 2.45) is 10.8 Å². The monoisotopic (exact) mass is 402 g/mol. The number of pyridine rings is 1. The molecule has 0 amide bonds. The number of nitrogen functional groups attached to an aromatic ring is 1. The fraction of sp³-hybridized carbons (Fsp3) is 0.500. The average Bonchev–Trinajstić information content (AvgIpc) is 3.15. The van der Waals surface area contributed by atoms with Gasteiger partial charge < -0.3 is 10.1 Å². The minimum atomic E-state index is 0.425. The fourth-order valence-corrected chi connectivity index (χ4v) is 6.34. The van der Waals surface area contributed by atoms with Crippen molar-refractivity contribution in [3.63, 3.8) is 0 Å². The van der Waals surface area contributed by atoms with E-state index in [1.807, 2.05) is 18.3 Å². The van der Waals surface area contributed by atoms with Crippen LogP contribution in [-0.4, -0.2) is 26.9 Å². The summed E-state index contributed by atoms with van der Waals surface area (Å²) < 4.78 is 2.22. The van der Waals surface area contributed by atoms with Crippen molar-refractivity contribution in [3.8, 4) is 11.3 Å². The summed E-state index contributed by atoms with van der Waals surface area (Å²) in [5.74, 6) is 0. The number of nitrogens with zero attached hydrogens (tertiary/aromatic N) is 3. The minimum Gasteiger partial charge on any atom is -0.398 e. The standard InChI is InChI=1S/C26H34N4/c1-5-18-6-8-19(9-7-18)24-22(30-14-20(27)10-11-23(30)28-24)15-29-17-26(4)13-21(29)12-25(2,3)16-26/h6-11,14,21H,5,12-13,15-17,27H2,1-4H3. The number of hydrogen-bond acceptors (Lipinski definition) is 3. The summed E-state index contributed by atoms with van der Waals surface area (Å²) in [6.07, 6.45) is 7.00. The maximum atomic E-state index is 6.17. The molecule has 0 spiro atoms. The number of imidazole rings is 1. The smallest absolute Gasteiger partial charge is 0.137 e. The van der Waals surface area contributed by atoms with E-state index in [9.17, 15) is 0 Å². The first-order valence-electron chi connectivity index (χ1n) is 11.4. The number of aryl methyl sites for hydroxylation is 1. The third-order valence-corrected chi connectivity index (χ3v) is 7.25. The summed E-state index contributed by atoms with van der Waals surface area (Å²) in [5.41, 5.74) is 13.7. The van der Waals surface area contributed by atoms with E-state index in [4.69, 9.17) is 10.7 Å². The number of aromatic nitrogens is 2. The Bertz CT molecular complexity index is 1080. The number of likely N-dealkylation sites (tertiary alicyclic amines) is 1. The van der Waals surface area contributed by atoms with Crippen molar-refractivity contribution in [2.75, 3.05) is 12.3 Å². The Morgan fingerprint density at radius 2 is 1.83 bits per heavy atom. The van der Waals surface area contributed by atoms with Crippen molar-refractivity contribution in [1.82, 2.24) is 14.3 Å². The molecule has 2 bridgehead atoms.